The highest BCUT2D eigenvalue weighted by Gasteiger charge is 2.66. The standard InChI is InChI=1S/C31H48O8/c1-9-16(2)24(34)18(4)19-14-20(33)23-25(35)26-29(7)12-10-21(28(5,6)36)38-22(29)11-13-30(26,8)39-27(23)31(19,37)15-17(3)32/h14,16,18,21-22,24-26,34-37H,9-13,15H2,1-8H3/t16-,18-,21+,22+,24+,25+,26+,29-,30+,31?/m0/s1. The van der Waals surface area contributed by atoms with Crippen molar-refractivity contribution in [3.8, 4) is 0 Å². The summed E-state index contributed by atoms with van der Waals surface area (Å²) in [6.45, 7) is 14.4. The zero-order valence-electron chi connectivity index (χ0n) is 24.8. The first kappa shape index (κ1) is 30.4. The van der Waals surface area contributed by atoms with Crippen LogP contribution in [0.5, 0.6) is 0 Å². The van der Waals surface area contributed by atoms with Gasteiger partial charge in [0, 0.05) is 23.7 Å². The molecule has 4 rings (SSSR count). The lowest BCUT2D eigenvalue weighted by molar-refractivity contribution is -0.265. The van der Waals surface area contributed by atoms with E-state index in [-0.39, 0.29) is 47.2 Å². The third-order valence-corrected chi connectivity index (χ3v) is 10.4. The van der Waals surface area contributed by atoms with Crippen LogP contribution >= 0.6 is 0 Å². The number of Topliss-reactive ketones (excluding diaryl/α,β-unsaturated/α-hetero) is 1. The van der Waals surface area contributed by atoms with Crippen molar-refractivity contribution in [1.82, 2.24) is 0 Å². The molecule has 0 aromatic rings. The lowest BCUT2D eigenvalue weighted by Gasteiger charge is -2.62. The van der Waals surface area contributed by atoms with Gasteiger partial charge in [-0.15, -0.1) is 0 Å². The number of ketones is 2. The number of ether oxygens (including phenoxy) is 2. The Balaban J connectivity index is 1.79. The Bertz CT molecular complexity index is 1070. The third kappa shape index (κ3) is 4.84. The fourth-order valence-corrected chi connectivity index (χ4v) is 7.97. The van der Waals surface area contributed by atoms with Gasteiger partial charge < -0.3 is 29.9 Å². The Hall–Kier alpha value is -1.58. The maximum Gasteiger partial charge on any atom is 0.188 e. The zero-order chi connectivity index (χ0) is 29.3. The second-order valence-corrected chi connectivity index (χ2v) is 13.8. The van der Waals surface area contributed by atoms with E-state index in [0.717, 1.165) is 0 Å². The molecule has 2 fully saturated rings. The summed E-state index contributed by atoms with van der Waals surface area (Å²) in [4.78, 5) is 26.2. The largest absolute Gasteiger partial charge is 0.487 e. The second kappa shape index (κ2) is 10.1. The Morgan fingerprint density at radius 3 is 2.41 bits per heavy atom. The first-order valence-electron chi connectivity index (χ1n) is 14.6. The molecule has 2 heterocycles. The Kier molecular flexibility index (Phi) is 7.83. The summed E-state index contributed by atoms with van der Waals surface area (Å²) in [6.07, 6.45) is 1.40. The molecule has 0 bridgehead atoms. The number of carbonyl (C=O) groups is 2. The van der Waals surface area contributed by atoms with Gasteiger partial charge in [0.1, 0.15) is 17.1 Å². The number of carbonyl (C=O) groups excluding carboxylic acids is 2. The molecule has 4 aliphatic rings. The van der Waals surface area contributed by atoms with Crippen molar-refractivity contribution in [3.63, 3.8) is 0 Å². The number of allylic oxidation sites excluding steroid dienone is 1. The molecule has 0 amide bonds. The van der Waals surface area contributed by atoms with Gasteiger partial charge in [0.15, 0.2) is 11.4 Å². The van der Waals surface area contributed by atoms with Gasteiger partial charge in [-0.25, -0.2) is 0 Å². The van der Waals surface area contributed by atoms with Gasteiger partial charge >= 0.3 is 0 Å². The summed E-state index contributed by atoms with van der Waals surface area (Å²) in [6, 6.07) is 0. The van der Waals surface area contributed by atoms with Gasteiger partial charge in [0.25, 0.3) is 0 Å². The zero-order valence-corrected chi connectivity index (χ0v) is 24.8. The Morgan fingerprint density at radius 2 is 1.85 bits per heavy atom. The third-order valence-electron chi connectivity index (χ3n) is 10.4. The molecule has 39 heavy (non-hydrogen) atoms. The van der Waals surface area contributed by atoms with Crippen molar-refractivity contribution < 1.29 is 39.5 Å². The highest BCUT2D eigenvalue weighted by Crippen LogP contribution is 2.61. The van der Waals surface area contributed by atoms with Crippen LogP contribution in [0.4, 0.5) is 0 Å². The molecule has 8 nitrogen and oxygen atoms in total. The van der Waals surface area contributed by atoms with E-state index in [4.69, 9.17) is 9.47 Å². The van der Waals surface area contributed by atoms with Crippen molar-refractivity contribution in [2.75, 3.05) is 0 Å². The molecule has 8 heteroatoms. The molecule has 1 unspecified atom stereocenters. The molecule has 2 aliphatic heterocycles. The maximum absolute atomic E-state index is 13.7. The van der Waals surface area contributed by atoms with E-state index in [1.165, 1.54) is 13.0 Å². The minimum Gasteiger partial charge on any atom is -0.487 e. The van der Waals surface area contributed by atoms with Crippen LogP contribution in [0.1, 0.15) is 93.9 Å². The van der Waals surface area contributed by atoms with Crippen molar-refractivity contribution >= 4 is 11.6 Å². The van der Waals surface area contributed by atoms with Gasteiger partial charge in [0.2, 0.25) is 0 Å². The Morgan fingerprint density at radius 1 is 1.21 bits per heavy atom. The minimum atomic E-state index is -1.95. The van der Waals surface area contributed by atoms with Gasteiger partial charge in [-0.2, -0.15) is 0 Å². The first-order valence-corrected chi connectivity index (χ1v) is 14.6. The van der Waals surface area contributed by atoms with Crippen molar-refractivity contribution in [2.45, 2.75) is 135 Å². The molecule has 4 N–H and O–H groups in total. The van der Waals surface area contributed by atoms with Crippen molar-refractivity contribution in [2.24, 2.45) is 23.2 Å². The molecular weight excluding hydrogens is 500 g/mol. The van der Waals surface area contributed by atoms with Crippen molar-refractivity contribution in [1.29, 1.82) is 0 Å². The first-order chi connectivity index (χ1) is 17.9. The normalized spacial score (nSPS) is 40.9. The molecule has 0 radical (unpaired) electrons. The van der Waals surface area contributed by atoms with Crippen LogP contribution in [0.3, 0.4) is 0 Å². The Labute approximate surface area is 232 Å². The maximum atomic E-state index is 13.7. The fraction of sp³-hybridized carbons (Fsp3) is 0.806. The second-order valence-electron chi connectivity index (χ2n) is 13.8. The van der Waals surface area contributed by atoms with Crippen molar-refractivity contribution in [3.05, 3.63) is 23.0 Å². The summed E-state index contributed by atoms with van der Waals surface area (Å²) in [5.41, 5.74) is -4.19. The van der Waals surface area contributed by atoms with Gasteiger partial charge in [-0.1, -0.05) is 34.1 Å². The van der Waals surface area contributed by atoms with Crippen LogP contribution in [0, 0.1) is 23.2 Å². The average Bonchev–Trinajstić information content (AvgIpc) is 2.82. The van der Waals surface area contributed by atoms with E-state index in [1.807, 2.05) is 20.8 Å². The number of hydrogen-bond donors (Lipinski definition) is 4. The van der Waals surface area contributed by atoms with Crippen LogP contribution in [-0.2, 0) is 19.1 Å². The highest BCUT2D eigenvalue weighted by molar-refractivity contribution is 6.08. The molecule has 0 aromatic carbocycles. The highest BCUT2D eigenvalue weighted by atomic mass is 16.5. The van der Waals surface area contributed by atoms with Crippen LogP contribution in [0.25, 0.3) is 0 Å². The van der Waals surface area contributed by atoms with E-state index in [2.05, 4.69) is 6.92 Å². The topological polar surface area (TPSA) is 134 Å². The minimum absolute atomic E-state index is 0.0123. The van der Waals surface area contributed by atoms with E-state index in [0.29, 0.717) is 32.1 Å². The smallest absolute Gasteiger partial charge is 0.188 e. The number of hydrogen-bond acceptors (Lipinski definition) is 8. The molecule has 2 aliphatic carbocycles. The predicted molar refractivity (Wildman–Crippen MR) is 146 cm³/mol. The van der Waals surface area contributed by atoms with Gasteiger partial charge in [-0.3, -0.25) is 9.59 Å². The summed E-state index contributed by atoms with van der Waals surface area (Å²) in [5.74, 6) is -2.04. The summed E-state index contributed by atoms with van der Waals surface area (Å²) >= 11 is 0. The van der Waals surface area contributed by atoms with E-state index in [1.54, 1.807) is 20.8 Å². The summed E-state index contributed by atoms with van der Waals surface area (Å²) in [5, 5.41) is 45.8. The average molecular weight is 549 g/mol. The van der Waals surface area contributed by atoms with E-state index < -0.39 is 52.0 Å². The molecule has 0 spiro atoms. The van der Waals surface area contributed by atoms with Crippen LogP contribution in [0.15, 0.2) is 23.0 Å². The van der Waals surface area contributed by atoms with Crippen LogP contribution in [-0.4, -0.2) is 73.2 Å². The van der Waals surface area contributed by atoms with E-state index in [9.17, 15) is 30.0 Å². The number of aliphatic hydroxyl groups excluding tert-OH is 2. The molecule has 220 valence electrons. The monoisotopic (exact) mass is 548 g/mol. The molecule has 0 aromatic heterocycles. The van der Waals surface area contributed by atoms with Gasteiger partial charge in [-0.05, 0) is 70.9 Å². The number of rotatable bonds is 7. The fourth-order valence-electron chi connectivity index (χ4n) is 7.97. The molecular formula is C31H48O8. The SMILES string of the molecule is CC[C@H](C)[C@@H](O)[C@@H](C)C1=CC(=O)C2=C(O[C@]3(C)CC[C@H]4O[C@@H](C(C)(C)O)CC[C@]4(C)[C@H]3[C@@H]2O)C1(O)CC(C)=O. The lowest BCUT2D eigenvalue weighted by atomic mass is 9.52. The van der Waals surface area contributed by atoms with Crippen LogP contribution in [0.2, 0.25) is 0 Å². The number of aliphatic hydroxyl groups is 4. The van der Waals surface area contributed by atoms with Gasteiger partial charge in [0.05, 0.1) is 35.6 Å². The lowest BCUT2D eigenvalue weighted by Crippen LogP contribution is -2.67. The predicted octanol–water partition coefficient (Wildman–Crippen LogP) is 3.39. The number of fused-ring (bicyclic) bond motifs is 3. The quantitative estimate of drug-likeness (QED) is 0.381. The molecule has 1 saturated heterocycles. The van der Waals surface area contributed by atoms with Crippen LogP contribution < -0.4 is 0 Å². The summed E-state index contributed by atoms with van der Waals surface area (Å²) in [7, 11) is 0. The molecule has 1 saturated carbocycles. The molecule has 10 atom stereocenters. The summed E-state index contributed by atoms with van der Waals surface area (Å²) < 4.78 is 13.1. The van der Waals surface area contributed by atoms with E-state index >= 15 is 0 Å².